The minimum Gasteiger partial charge on any atom is -0.326 e. The Balaban J connectivity index is 2.22. The number of hydrogen-bond donors (Lipinski definition) is 2. The Hall–Kier alpha value is -1.35. The number of fused-ring (bicyclic) bond motifs is 1. The molecule has 1 aromatic carbocycles. The number of hydrogen-bond acceptors (Lipinski definition) is 2. The Bertz CT molecular complexity index is 464. The smallest absolute Gasteiger partial charge is 0.228 e. The van der Waals surface area contributed by atoms with Crippen molar-refractivity contribution in [2.75, 3.05) is 12.4 Å². The summed E-state index contributed by atoms with van der Waals surface area (Å²) in [5.74, 6) is 0.773. The summed E-state index contributed by atoms with van der Waals surface area (Å²) in [6, 6.07) is 6.79. The lowest BCUT2D eigenvalue weighted by Gasteiger charge is -2.27. The van der Waals surface area contributed by atoms with Crippen molar-refractivity contribution in [3.8, 4) is 0 Å². The summed E-state index contributed by atoms with van der Waals surface area (Å²) in [5.41, 5.74) is 3.44. The maximum absolute atomic E-state index is 11.5. The highest BCUT2D eigenvalue weighted by Gasteiger charge is 2.23. The number of nitrogens with one attached hydrogen (secondary N) is 2. The molecule has 0 spiro atoms. The van der Waals surface area contributed by atoms with Crippen molar-refractivity contribution >= 4 is 11.6 Å². The molecule has 0 bridgehead atoms. The van der Waals surface area contributed by atoms with Crippen LogP contribution in [0.5, 0.6) is 0 Å². The van der Waals surface area contributed by atoms with Crippen LogP contribution in [0.2, 0.25) is 0 Å². The van der Waals surface area contributed by atoms with Crippen molar-refractivity contribution in [2.24, 2.45) is 5.92 Å². The summed E-state index contributed by atoms with van der Waals surface area (Å²) >= 11 is 0. The molecule has 1 aliphatic heterocycles. The molecule has 3 nitrogen and oxygen atoms in total. The number of benzene rings is 1. The average molecular weight is 274 g/mol. The first kappa shape index (κ1) is 15.0. The van der Waals surface area contributed by atoms with Crippen LogP contribution in [0.25, 0.3) is 0 Å². The van der Waals surface area contributed by atoms with Gasteiger partial charge in [-0.25, -0.2) is 0 Å². The summed E-state index contributed by atoms with van der Waals surface area (Å²) in [6.45, 7) is 4.50. The summed E-state index contributed by atoms with van der Waals surface area (Å²) in [6.07, 6.45) is 5.44. The van der Waals surface area contributed by atoms with E-state index < -0.39 is 0 Å². The van der Waals surface area contributed by atoms with E-state index >= 15 is 0 Å². The van der Waals surface area contributed by atoms with Crippen molar-refractivity contribution in [3.63, 3.8) is 0 Å². The zero-order chi connectivity index (χ0) is 14.5. The fraction of sp³-hybridized carbons (Fsp3) is 0.588. The fourth-order valence-electron chi connectivity index (χ4n) is 3.34. The largest absolute Gasteiger partial charge is 0.326 e. The van der Waals surface area contributed by atoms with Crippen LogP contribution >= 0.6 is 0 Å². The van der Waals surface area contributed by atoms with E-state index in [1.54, 1.807) is 0 Å². The van der Waals surface area contributed by atoms with E-state index in [1.807, 2.05) is 7.05 Å². The third-order valence-electron chi connectivity index (χ3n) is 4.21. The molecule has 2 N–H and O–H groups in total. The maximum atomic E-state index is 11.5. The predicted octanol–water partition coefficient (Wildman–Crippen LogP) is 3.66. The first-order valence-electron chi connectivity index (χ1n) is 7.79. The second-order valence-electron chi connectivity index (χ2n) is 5.75. The van der Waals surface area contributed by atoms with E-state index in [-0.39, 0.29) is 5.91 Å². The maximum Gasteiger partial charge on any atom is 0.228 e. The number of rotatable bonds is 7. The van der Waals surface area contributed by atoms with Crippen LogP contribution in [0.1, 0.15) is 56.7 Å². The Morgan fingerprint density at radius 2 is 1.95 bits per heavy atom. The third-order valence-corrected chi connectivity index (χ3v) is 4.21. The minimum absolute atomic E-state index is 0.108. The molecule has 1 heterocycles. The zero-order valence-corrected chi connectivity index (χ0v) is 12.8. The minimum atomic E-state index is 0.108. The van der Waals surface area contributed by atoms with Gasteiger partial charge in [-0.05, 0) is 43.0 Å². The highest BCUT2D eigenvalue weighted by Crippen LogP contribution is 2.33. The van der Waals surface area contributed by atoms with Crippen LogP contribution in [0.4, 0.5) is 5.69 Å². The first-order valence-corrected chi connectivity index (χ1v) is 7.79. The van der Waals surface area contributed by atoms with Crippen molar-refractivity contribution < 1.29 is 4.79 Å². The number of carbonyl (C=O) groups excluding carboxylic acids is 1. The van der Waals surface area contributed by atoms with Gasteiger partial charge in [0.1, 0.15) is 0 Å². The van der Waals surface area contributed by atoms with Crippen LogP contribution in [-0.2, 0) is 11.2 Å². The molecule has 0 saturated carbocycles. The van der Waals surface area contributed by atoms with Crippen LogP contribution in [0, 0.1) is 5.92 Å². The molecule has 0 saturated heterocycles. The molecule has 0 aromatic heterocycles. The second-order valence-corrected chi connectivity index (χ2v) is 5.75. The monoisotopic (exact) mass is 274 g/mol. The van der Waals surface area contributed by atoms with Gasteiger partial charge >= 0.3 is 0 Å². The van der Waals surface area contributed by atoms with Crippen molar-refractivity contribution in [2.45, 2.75) is 52.0 Å². The van der Waals surface area contributed by atoms with Gasteiger partial charge in [0.2, 0.25) is 5.91 Å². The van der Waals surface area contributed by atoms with E-state index in [0.717, 1.165) is 11.3 Å². The standard InChI is InChI=1S/C17H26N2O/c1-4-6-12(7-5-2)17(18-3)13-8-9-15-14(10-13)11-16(20)19-15/h8-10,12,17-18H,4-7,11H2,1-3H3,(H,19,20). The van der Waals surface area contributed by atoms with Crippen LogP contribution < -0.4 is 10.6 Å². The predicted molar refractivity (Wildman–Crippen MR) is 83.9 cm³/mol. The fourth-order valence-corrected chi connectivity index (χ4v) is 3.34. The van der Waals surface area contributed by atoms with E-state index in [2.05, 4.69) is 42.7 Å². The van der Waals surface area contributed by atoms with Crippen molar-refractivity contribution in [1.29, 1.82) is 0 Å². The quantitative estimate of drug-likeness (QED) is 0.796. The molecule has 0 fully saturated rings. The molecule has 1 amide bonds. The van der Waals surface area contributed by atoms with Gasteiger partial charge in [-0.1, -0.05) is 38.8 Å². The average Bonchev–Trinajstić information content (AvgIpc) is 2.79. The topological polar surface area (TPSA) is 41.1 Å². The summed E-state index contributed by atoms with van der Waals surface area (Å²) < 4.78 is 0. The van der Waals surface area contributed by atoms with Crippen molar-refractivity contribution in [3.05, 3.63) is 29.3 Å². The molecule has 110 valence electrons. The molecule has 1 unspecified atom stereocenters. The first-order chi connectivity index (χ1) is 9.69. The zero-order valence-electron chi connectivity index (χ0n) is 12.8. The van der Waals surface area contributed by atoms with Gasteiger partial charge in [0, 0.05) is 11.7 Å². The molecule has 0 aliphatic carbocycles. The van der Waals surface area contributed by atoms with Gasteiger partial charge in [-0.2, -0.15) is 0 Å². The van der Waals surface area contributed by atoms with Gasteiger partial charge in [-0.3, -0.25) is 4.79 Å². The van der Waals surface area contributed by atoms with Gasteiger partial charge in [0.25, 0.3) is 0 Å². The Morgan fingerprint density at radius 1 is 1.25 bits per heavy atom. The van der Waals surface area contributed by atoms with Crippen molar-refractivity contribution in [1.82, 2.24) is 5.32 Å². The molecule has 1 aromatic rings. The van der Waals surface area contributed by atoms with E-state index in [4.69, 9.17) is 0 Å². The van der Waals surface area contributed by atoms with E-state index in [1.165, 1.54) is 31.2 Å². The lowest BCUT2D eigenvalue weighted by Crippen LogP contribution is -2.25. The van der Waals surface area contributed by atoms with Gasteiger partial charge < -0.3 is 10.6 Å². The SMILES string of the molecule is CCCC(CCC)C(NC)c1ccc2c(c1)CC(=O)N2. The molecule has 1 aliphatic rings. The van der Waals surface area contributed by atoms with Gasteiger partial charge in [0.05, 0.1) is 6.42 Å². The molecular formula is C17H26N2O. The Kier molecular flexibility index (Phi) is 5.18. The lowest BCUT2D eigenvalue weighted by atomic mass is 9.85. The Labute approximate surface area is 122 Å². The normalized spacial score (nSPS) is 15.3. The van der Waals surface area contributed by atoms with Gasteiger partial charge in [0.15, 0.2) is 0 Å². The van der Waals surface area contributed by atoms with Gasteiger partial charge in [-0.15, -0.1) is 0 Å². The van der Waals surface area contributed by atoms with Crippen LogP contribution in [0.15, 0.2) is 18.2 Å². The van der Waals surface area contributed by atoms with E-state index in [9.17, 15) is 4.79 Å². The molecule has 2 rings (SSSR count). The second kappa shape index (κ2) is 6.89. The summed E-state index contributed by atoms with van der Waals surface area (Å²) in [4.78, 5) is 11.5. The summed E-state index contributed by atoms with van der Waals surface area (Å²) in [7, 11) is 2.04. The highest BCUT2D eigenvalue weighted by atomic mass is 16.1. The molecule has 0 radical (unpaired) electrons. The Morgan fingerprint density at radius 3 is 2.55 bits per heavy atom. The molecule has 1 atom stereocenters. The lowest BCUT2D eigenvalue weighted by molar-refractivity contribution is -0.115. The summed E-state index contributed by atoms with van der Waals surface area (Å²) in [5, 5.41) is 6.39. The highest BCUT2D eigenvalue weighted by molar-refractivity contribution is 5.99. The van der Waals surface area contributed by atoms with Crippen LogP contribution in [-0.4, -0.2) is 13.0 Å². The molecular weight excluding hydrogens is 248 g/mol. The molecule has 20 heavy (non-hydrogen) atoms. The van der Waals surface area contributed by atoms with Crippen LogP contribution in [0.3, 0.4) is 0 Å². The number of carbonyl (C=O) groups is 1. The number of anilines is 1. The molecule has 3 heteroatoms. The van der Waals surface area contributed by atoms with E-state index in [0.29, 0.717) is 18.4 Å². The number of amides is 1. The third kappa shape index (κ3) is 3.21.